The molecule has 2 aromatic rings. The van der Waals surface area contributed by atoms with E-state index in [1.807, 2.05) is 12.1 Å². The van der Waals surface area contributed by atoms with E-state index in [1.54, 1.807) is 30.5 Å². The van der Waals surface area contributed by atoms with Gasteiger partial charge in [0.25, 0.3) is 5.91 Å². The van der Waals surface area contributed by atoms with E-state index in [0.29, 0.717) is 22.3 Å². The highest BCUT2D eigenvalue weighted by atomic mass is 79.9. The summed E-state index contributed by atoms with van der Waals surface area (Å²) in [4.78, 5) is 29.6. The normalized spacial score (nSPS) is 16.6. The summed E-state index contributed by atoms with van der Waals surface area (Å²) >= 11 is 3.23. The molecule has 1 aliphatic rings. The number of pyridine rings is 1. The number of carbonyl (C=O) groups excluding carboxylic acids is 1. The molecule has 3 rings (SSSR count). The number of carbonyl (C=O) groups is 2. The Labute approximate surface area is 129 Å². The van der Waals surface area contributed by atoms with Crippen LogP contribution in [-0.2, 0) is 11.2 Å². The van der Waals surface area contributed by atoms with Gasteiger partial charge < -0.3 is 5.11 Å². The van der Waals surface area contributed by atoms with Gasteiger partial charge in [0.1, 0.15) is 10.6 Å². The number of carboxylic acid groups (broad SMARTS) is 1. The van der Waals surface area contributed by atoms with Crippen LogP contribution >= 0.6 is 15.9 Å². The number of hydrogen-bond donors (Lipinski definition) is 1. The fourth-order valence-corrected chi connectivity index (χ4v) is 2.93. The van der Waals surface area contributed by atoms with Gasteiger partial charge in [0, 0.05) is 18.3 Å². The van der Waals surface area contributed by atoms with Gasteiger partial charge in [-0.05, 0) is 39.7 Å². The molecular formula is C15H11BrN2O3. The predicted molar refractivity (Wildman–Crippen MR) is 80.3 cm³/mol. The van der Waals surface area contributed by atoms with Crippen molar-refractivity contribution in [2.24, 2.45) is 0 Å². The Hall–Kier alpha value is -2.21. The second-order valence-electron chi connectivity index (χ2n) is 4.70. The number of fused-ring (bicyclic) bond motifs is 1. The largest absolute Gasteiger partial charge is 0.480 e. The molecule has 5 nitrogen and oxygen atoms in total. The molecule has 2 heterocycles. The Kier molecular flexibility index (Phi) is 3.47. The van der Waals surface area contributed by atoms with Crippen LogP contribution in [0.5, 0.6) is 0 Å². The molecule has 106 valence electrons. The molecular weight excluding hydrogens is 336 g/mol. The third kappa shape index (κ3) is 2.31. The van der Waals surface area contributed by atoms with Crippen molar-refractivity contribution in [1.82, 2.24) is 4.98 Å². The fourth-order valence-electron chi connectivity index (χ4n) is 2.51. The van der Waals surface area contributed by atoms with E-state index < -0.39 is 12.0 Å². The van der Waals surface area contributed by atoms with E-state index in [9.17, 15) is 14.7 Å². The number of anilines is 1. The first-order valence-corrected chi connectivity index (χ1v) is 7.13. The lowest BCUT2D eigenvalue weighted by molar-refractivity contribution is -0.138. The molecule has 0 aliphatic carbocycles. The second-order valence-corrected chi connectivity index (χ2v) is 5.45. The minimum absolute atomic E-state index is 0.315. The van der Waals surface area contributed by atoms with Crippen molar-refractivity contribution in [2.75, 3.05) is 4.90 Å². The van der Waals surface area contributed by atoms with Gasteiger partial charge in [-0.15, -0.1) is 0 Å². The van der Waals surface area contributed by atoms with Crippen molar-refractivity contribution < 1.29 is 14.7 Å². The van der Waals surface area contributed by atoms with Crippen LogP contribution in [0.15, 0.2) is 47.2 Å². The molecule has 0 unspecified atom stereocenters. The highest BCUT2D eigenvalue weighted by molar-refractivity contribution is 9.10. The van der Waals surface area contributed by atoms with Crippen LogP contribution in [0.4, 0.5) is 5.69 Å². The van der Waals surface area contributed by atoms with Crippen LogP contribution in [0.25, 0.3) is 0 Å². The van der Waals surface area contributed by atoms with E-state index in [0.717, 1.165) is 5.56 Å². The Bertz CT molecular complexity index is 732. The lowest BCUT2D eigenvalue weighted by Crippen LogP contribution is -2.43. The third-order valence-corrected chi connectivity index (χ3v) is 4.10. The van der Waals surface area contributed by atoms with E-state index in [4.69, 9.17) is 0 Å². The Morgan fingerprint density at radius 2 is 2.00 bits per heavy atom. The maximum absolute atomic E-state index is 12.7. The Morgan fingerprint density at radius 3 is 2.71 bits per heavy atom. The van der Waals surface area contributed by atoms with Crippen LogP contribution in [0.2, 0.25) is 0 Å². The highest BCUT2D eigenvalue weighted by Gasteiger charge is 2.39. The van der Waals surface area contributed by atoms with Gasteiger partial charge in [0.05, 0.1) is 5.56 Å². The SMILES string of the molecule is O=C(O)[C@@H]1Cc2ccccc2N1C(=O)c1cccnc1Br. The fraction of sp³-hybridized carbons (Fsp3) is 0.133. The molecule has 1 aliphatic heterocycles. The Balaban J connectivity index is 2.08. The van der Waals surface area contributed by atoms with E-state index in [2.05, 4.69) is 20.9 Å². The van der Waals surface area contributed by atoms with Crippen molar-refractivity contribution >= 4 is 33.5 Å². The van der Waals surface area contributed by atoms with Crippen molar-refractivity contribution in [3.05, 3.63) is 58.3 Å². The van der Waals surface area contributed by atoms with Gasteiger partial charge >= 0.3 is 5.97 Å². The van der Waals surface area contributed by atoms with E-state index >= 15 is 0 Å². The van der Waals surface area contributed by atoms with Gasteiger partial charge in [-0.1, -0.05) is 18.2 Å². The molecule has 21 heavy (non-hydrogen) atoms. The molecule has 1 atom stereocenters. The summed E-state index contributed by atoms with van der Waals surface area (Å²) in [6.07, 6.45) is 1.88. The molecule has 1 amide bonds. The summed E-state index contributed by atoms with van der Waals surface area (Å²) in [6.45, 7) is 0. The first-order chi connectivity index (χ1) is 10.1. The quantitative estimate of drug-likeness (QED) is 0.848. The number of halogens is 1. The van der Waals surface area contributed by atoms with Crippen molar-refractivity contribution in [2.45, 2.75) is 12.5 Å². The first kappa shape index (κ1) is 13.8. The van der Waals surface area contributed by atoms with Crippen LogP contribution in [0.1, 0.15) is 15.9 Å². The number of hydrogen-bond acceptors (Lipinski definition) is 3. The topological polar surface area (TPSA) is 70.5 Å². The maximum Gasteiger partial charge on any atom is 0.327 e. The van der Waals surface area contributed by atoms with Gasteiger partial charge in [-0.25, -0.2) is 9.78 Å². The number of carboxylic acids is 1. The van der Waals surface area contributed by atoms with Crippen molar-refractivity contribution in [3.63, 3.8) is 0 Å². The molecule has 0 spiro atoms. The summed E-state index contributed by atoms with van der Waals surface area (Å²) in [6, 6.07) is 9.63. The van der Waals surface area contributed by atoms with E-state index in [1.165, 1.54) is 4.90 Å². The average molecular weight is 347 g/mol. The smallest absolute Gasteiger partial charge is 0.327 e. The molecule has 0 radical (unpaired) electrons. The molecule has 1 aromatic heterocycles. The zero-order valence-corrected chi connectivity index (χ0v) is 12.4. The van der Waals surface area contributed by atoms with Gasteiger partial charge in [0.15, 0.2) is 0 Å². The van der Waals surface area contributed by atoms with Gasteiger partial charge in [0.2, 0.25) is 0 Å². The third-order valence-electron chi connectivity index (χ3n) is 3.47. The van der Waals surface area contributed by atoms with Crippen LogP contribution < -0.4 is 4.90 Å². The van der Waals surface area contributed by atoms with Crippen LogP contribution in [0, 0.1) is 0 Å². The van der Waals surface area contributed by atoms with Crippen LogP contribution in [0.3, 0.4) is 0 Å². The number of benzene rings is 1. The number of rotatable bonds is 2. The zero-order chi connectivity index (χ0) is 15.0. The Morgan fingerprint density at radius 1 is 1.24 bits per heavy atom. The molecule has 0 saturated heterocycles. The summed E-state index contributed by atoms with van der Waals surface area (Å²) in [7, 11) is 0. The lowest BCUT2D eigenvalue weighted by atomic mass is 10.1. The molecule has 0 bridgehead atoms. The lowest BCUT2D eigenvalue weighted by Gasteiger charge is -2.23. The maximum atomic E-state index is 12.7. The minimum atomic E-state index is -1.01. The molecule has 6 heteroatoms. The summed E-state index contributed by atoms with van der Waals surface area (Å²) in [5, 5.41) is 9.40. The monoisotopic (exact) mass is 346 g/mol. The van der Waals surface area contributed by atoms with Gasteiger partial charge in [-0.3, -0.25) is 9.69 Å². The number of aromatic nitrogens is 1. The number of para-hydroxylation sites is 1. The number of amides is 1. The first-order valence-electron chi connectivity index (χ1n) is 6.34. The molecule has 1 N–H and O–H groups in total. The highest BCUT2D eigenvalue weighted by Crippen LogP contribution is 2.34. The van der Waals surface area contributed by atoms with Crippen molar-refractivity contribution in [1.29, 1.82) is 0 Å². The van der Waals surface area contributed by atoms with Crippen LogP contribution in [-0.4, -0.2) is 28.0 Å². The van der Waals surface area contributed by atoms with Gasteiger partial charge in [-0.2, -0.15) is 0 Å². The summed E-state index contributed by atoms with van der Waals surface area (Å²) in [5.74, 6) is -1.38. The second kappa shape index (κ2) is 5.29. The van der Waals surface area contributed by atoms with E-state index in [-0.39, 0.29) is 5.91 Å². The standard InChI is InChI=1S/C15H11BrN2O3/c16-13-10(5-3-7-17-13)14(19)18-11-6-2-1-4-9(11)8-12(18)15(20)21/h1-7,12H,8H2,(H,20,21)/t12-/m0/s1. The minimum Gasteiger partial charge on any atom is -0.480 e. The van der Waals surface area contributed by atoms with Crippen molar-refractivity contribution in [3.8, 4) is 0 Å². The molecule has 0 fully saturated rings. The number of aliphatic carboxylic acids is 1. The molecule has 0 saturated carbocycles. The number of nitrogens with zero attached hydrogens (tertiary/aromatic N) is 2. The predicted octanol–water partition coefficient (Wildman–Crippen LogP) is 2.50. The molecule has 1 aromatic carbocycles. The zero-order valence-electron chi connectivity index (χ0n) is 10.9. The average Bonchev–Trinajstić information content (AvgIpc) is 2.86. The summed E-state index contributed by atoms with van der Waals surface area (Å²) in [5.41, 5.74) is 1.85. The summed E-state index contributed by atoms with van der Waals surface area (Å²) < 4.78 is 0.406.